The molecule has 0 radical (unpaired) electrons. The molecule has 4 nitrogen and oxygen atoms in total. The van der Waals surface area contributed by atoms with Crippen LogP contribution in [0.25, 0.3) is 0 Å². The maximum absolute atomic E-state index is 13.5. The molecule has 0 aliphatic carbocycles. The Kier molecular flexibility index (Phi) is 4.27. The third-order valence-corrected chi connectivity index (χ3v) is 3.02. The van der Waals surface area contributed by atoms with E-state index in [1.54, 1.807) is 12.1 Å². The molecule has 2 N–H and O–H groups in total. The van der Waals surface area contributed by atoms with Crippen LogP contribution in [-0.2, 0) is 12.8 Å². The average molecular weight is 262 g/mol. The van der Waals surface area contributed by atoms with E-state index in [1.165, 1.54) is 12.4 Å². The van der Waals surface area contributed by atoms with Crippen molar-refractivity contribution in [1.82, 2.24) is 14.8 Å². The van der Waals surface area contributed by atoms with Crippen molar-refractivity contribution in [3.63, 3.8) is 0 Å². The lowest BCUT2D eigenvalue weighted by Gasteiger charge is -2.14. The molecule has 102 valence electrons. The van der Waals surface area contributed by atoms with Gasteiger partial charge in [0.25, 0.3) is 0 Å². The lowest BCUT2D eigenvalue weighted by molar-refractivity contribution is 0.487. The molecule has 0 saturated carbocycles. The topological polar surface area (TPSA) is 56.7 Å². The molecule has 1 atom stereocenters. The van der Waals surface area contributed by atoms with Gasteiger partial charge in [0.2, 0.25) is 0 Å². The normalized spacial score (nSPS) is 12.9. The zero-order valence-corrected chi connectivity index (χ0v) is 11.3. The largest absolute Gasteiger partial charge is 0.327 e. The predicted octanol–water partition coefficient (Wildman–Crippen LogP) is 2.11. The highest BCUT2D eigenvalue weighted by Gasteiger charge is 2.14. The van der Waals surface area contributed by atoms with Gasteiger partial charge in [-0.15, -0.1) is 0 Å². The molecule has 5 heteroatoms. The summed E-state index contributed by atoms with van der Waals surface area (Å²) in [5, 5.41) is 4.17. The Morgan fingerprint density at radius 1 is 1.26 bits per heavy atom. The number of rotatable bonds is 5. The Balaban J connectivity index is 2.03. The number of halogens is 1. The maximum atomic E-state index is 13.5. The summed E-state index contributed by atoms with van der Waals surface area (Å²) in [4.78, 5) is 4.22. The van der Waals surface area contributed by atoms with Crippen LogP contribution in [0.5, 0.6) is 0 Å². The Bertz CT molecular complexity index is 536. The highest BCUT2D eigenvalue weighted by molar-refractivity contribution is 5.18. The van der Waals surface area contributed by atoms with Gasteiger partial charge in [0.15, 0.2) is 0 Å². The van der Waals surface area contributed by atoms with Gasteiger partial charge in [-0.25, -0.2) is 14.1 Å². The summed E-state index contributed by atoms with van der Waals surface area (Å²) in [6.07, 6.45) is 2.62. The smallest absolute Gasteiger partial charge is 0.138 e. The second-order valence-electron chi connectivity index (χ2n) is 4.97. The Labute approximate surface area is 112 Å². The van der Waals surface area contributed by atoms with Gasteiger partial charge in [0.05, 0.1) is 0 Å². The number of benzene rings is 1. The van der Waals surface area contributed by atoms with Crippen molar-refractivity contribution in [3.05, 3.63) is 47.8 Å². The third-order valence-electron chi connectivity index (χ3n) is 3.02. The number of hydrogen-bond donors (Lipinski definition) is 1. The van der Waals surface area contributed by atoms with Gasteiger partial charge in [-0.05, 0) is 31.9 Å². The van der Waals surface area contributed by atoms with Crippen molar-refractivity contribution in [1.29, 1.82) is 0 Å². The van der Waals surface area contributed by atoms with Crippen LogP contribution in [0.2, 0.25) is 0 Å². The van der Waals surface area contributed by atoms with E-state index in [0.717, 1.165) is 5.82 Å². The van der Waals surface area contributed by atoms with Crippen molar-refractivity contribution in [2.45, 2.75) is 38.8 Å². The quantitative estimate of drug-likeness (QED) is 0.898. The molecule has 0 fully saturated rings. The van der Waals surface area contributed by atoms with Crippen molar-refractivity contribution < 1.29 is 4.39 Å². The highest BCUT2D eigenvalue weighted by atomic mass is 19.1. The Morgan fingerprint density at radius 2 is 2.00 bits per heavy atom. The summed E-state index contributed by atoms with van der Waals surface area (Å²) in [5.74, 6) is 0.641. The molecule has 0 spiro atoms. The molecule has 2 rings (SSSR count). The molecule has 0 bridgehead atoms. The van der Waals surface area contributed by atoms with Gasteiger partial charge in [-0.1, -0.05) is 18.2 Å². The minimum atomic E-state index is -0.205. The minimum Gasteiger partial charge on any atom is -0.327 e. The van der Waals surface area contributed by atoms with Crippen LogP contribution in [0.15, 0.2) is 30.6 Å². The van der Waals surface area contributed by atoms with Crippen molar-refractivity contribution in [2.24, 2.45) is 5.73 Å². The van der Waals surface area contributed by atoms with Gasteiger partial charge < -0.3 is 5.73 Å². The van der Waals surface area contributed by atoms with Crippen LogP contribution in [0.3, 0.4) is 0 Å². The van der Waals surface area contributed by atoms with E-state index in [2.05, 4.69) is 10.1 Å². The van der Waals surface area contributed by atoms with E-state index in [0.29, 0.717) is 18.4 Å². The van der Waals surface area contributed by atoms with Crippen molar-refractivity contribution in [2.75, 3.05) is 0 Å². The molecule has 0 saturated heterocycles. The fourth-order valence-corrected chi connectivity index (χ4v) is 2.10. The summed E-state index contributed by atoms with van der Waals surface area (Å²) in [5.41, 5.74) is 6.73. The van der Waals surface area contributed by atoms with E-state index in [-0.39, 0.29) is 17.9 Å². The SMILES string of the molecule is CC(C)n1ncnc1CC(N)Cc1ccccc1F. The van der Waals surface area contributed by atoms with Gasteiger partial charge in [-0.2, -0.15) is 5.10 Å². The van der Waals surface area contributed by atoms with Crippen LogP contribution in [0.4, 0.5) is 4.39 Å². The lowest BCUT2D eigenvalue weighted by atomic mass is 10.0. The summed E-state index contributed by atoms with van der Waals surface area (Å²) in [6.45, 7) is 4.08. The van der Waals surface area contributed by atoms with E-state index in [4.69, 9.17) is 5.73 Å². The number of hydrogen-bond acceptors (Lipinski definition) is 3. The first kappa shape index (κ1) is 13.7. The lowest BCUT2D eigenvalue weighted by Crippen LogP contribution is -2.28. The summed E-state index contributed by atoms with van der Waals surface area (Å²) in [6, 6.07) is 6.81. The van der Waals surface area contributed by atoms with Gasteiger partial charge in [0, 0.05) is 18.5 Å². The van der Waals surface area contributed by atoms with Gasteiger partial charge >= 0.3 is 0 Å². The molecular weight excluding hydrogens is 243 g/mol. The predicted molar refractivity (Wildman–Crippen MR) is 72.2 cm³/mol. The minimum absolute atomic E-state index is 0.168. The van der Waals surface area contributed by atoms with E-state index < -0.39 is 0 Å². The first-order valence-corrected chi connectivity index (χ1v) is 6.45. The second-order valence-corrected chi connectivity index (χ2v) is 4.97. The van der Waals surface area contributed by atoms with Crippen LogP contribution >= 0.6 is 0 Å². The number of nitrogens with zero attached hydrogens (tertiary/aromatic N) is 3. The monoisotopic (exact) mass is 262 g/mol. The average Bonchev–Trinajstić information content (AvgIpc) is 2.80. The molecule has 2 aromatic rings. The fourth-order valence-electron chi connectivity index (χ4n) is 2.10. The Hall–Kier alpha value is -1.75. The standard InChI is InChI=1S/C14H19FN4/c1-10(2)19-14(17-9-18-19)8-12(16)7-11-5-3-4-6-13(11)15/h3-6,9-10,12H,7-8,16H2,1-2H3. The van der Waals surface area contributed by atoms with Crippen LogP contribution in [0.1, 0.15) is 31.3 Å². The van der Waals surface area contributed by atoms with Gasteiger partial charge in [0.1, 0.15) is 18.0 Å². The van der Waals surface area contributed by atoms with Crippen LogP contribution in [0, 0.1) is 5.82 Å². The molecule has 0 aliphatic rings. The Morgan fingerprint density at radius 3 is 2.68 bits per heavy atom. The zero-order chi connectivity index (χ0) is 13.8. The van der Waals surface area contributed by atoms with E-state index >= 15 is 0 Å². The van der Waals surface area contributed by atoms with E-state index in [9.17, 15) is 4.39 Å². The molecule has 0 amide bonds. The molecule has 19 heavy (non-hydrogen) atoms. The summed E-state index contributed by atoms with van der Waals surface area (Å²) in [7, 11) is 0. The first-order chi connectivity index (χ1) is 9.08. The number of nitrogens with two attached hydrogens (primary N) is 1. The fraction of sp³-hybridized carbons (Fsp3) is 0.429. The summed E-state index contributed by atoms with van der Waals surface area (Å²) >= 11 is 0. The zero-order valence-electron chi connectivity index (χ0n) is 11.3. The third kappa shape index (κ3) is 3.38. The molecular formula is C14H19FN4. The molecule has 1 heterocycles. The highest BCUT2D eigenvalue weighted by Crippen LogP contribution is 2.12. The van der Waals surface area contributed by atoms with Crippen molar-refractivity contribution in [3.8, 4) is 0 Å². The first-order valence-electron chi connectivity index (χ1n) is 6.45. The molecule has 1 aromatic carbocycles. The van der Waals surface area contributed by atoms with Crippen molar-refractivity contribution >= 4 is 0 Å². The summed E-state index contributed by atoms with van der Waals surface area (Å²) < 4.78 is 15.4. The number of aromatic nitrogens is 3. The second kappa shape index (κ2) is 5.93. The van der Waals surface area contributed by atoms with Crippen LogP contribution in [-0.4, -0.2) is 20.8 Å². The van der Waals surface area contributed by atoms with Gasteiger partial charge in [-0.3, -0.25) is 0 Å². The van der Waals surface area contributed by atoms with Crippen LogP contribution < -0.4 is 5.73 Å². The maximum Gasteiger partial charge on any atom is 0.138 e. The molecule has 1 unspecified atom stereocenters. The molecule has 0 aliphatic heterocycles. The molecule has 1 aromatic heterocycles. The van der Waals surface area contributed by atoms with E-state index in [1.807, 2.05) is 24.6 Å².